The van der Waals surface area contributed by atoms with Crippen LogP contribution in [0.2, 0.25) is 0 Å². The normalized spacial score (nSPS) is 18.9. The number of nitrogens with zero attached hydrogens (tertiary/aromatic N) is 1. The highest BCUT2D eigenvalue weighted by Crippen LogP contribution is 2.23. The summed E-state index contributed by atoms with van der Waals surface area (Å²) in [4.78, 5) is 14.5. The first-order valence-corrected chi connectivity index (χ1v) is 7.86. The number of carbonyl (C=O) groups is 1. The number of hydrogen-bond acceptors (Lipinski definition) is 3. The van der Waals surface area contributed by atoms with E-state index in [4.69, 9.17) is 10.5 Å². The van der Waals surface area contributed by atoms with E-state index >= 15 is 0 Å². The third-order valence-electron chi connectivity index (χ3n) is 3.90. The predicted molar refractivity (Wildman–Crippen MR) is 84.3 cm³/mol. The largest absolute Gasteiger partial charge is 0.491 e. The van der Waals surface area contributed by atoms with E-state index < -0.39 is 0 Å². The maximum absolute atomic E-state index is 12.6. The molecule has 0 spiro atoms. The van der Waals surface area contributed by atoms with Gasteiger partial charge in [0.15, 0.2) is 0 Å². The van der Waals surface area contributed by atoms with Crippen LogP contribution >= 0.6 is 0 Å². The van der Waals surface area contributed by atoms with E-state index in [-0.39, 0.29) is 18.1 Å². The van der Waals surface area contributed by atoms with Gasteiger partial charge in [-0.2, -0.15) is 0 Å². The maximum Gasteiger partial charge on any atom is 0.227 e. The molecule has 0 aliphatic carbocycles. The molecule has 0 saturated carbocycles. The molecule has 1 heterocycles. The van der Waals surface area contributed by atoms with E-state index in [0.29, 0.717) is 13.0 Å². The molecule has 1 saturated heterocycles. The molecule has 4 nitrogen and oxygen atoms in total. The van der Waals surface area contributed by atoms with Crippen molar-refractivity contribution in [3.8, 4) is 5.75 Å². The molecule has 1 aromatic carbocycles. The number of amides is 1. The number of carbonyl (C=O) groups excluding carboxylic acids is 1. The first kappa shape index (κ1) is 15.8. The summed E-state index contributed by atoms with van der Waals surface area (Å²) in [5, 5.41) is 0. The smallest absolute Gasteiger partial charge is 0.227 e. The van der Waals surface area contributed by atoms with Crippen LogP contribution in [0, 0.1) is 0 Å². The molecule has 0 aromatic heterocycles. The molecular formula is C17H26N2O2. The van der Waals surface area contributed by atoms with Gasteiger partial charge in [-0.25, -0.2) is 0 Å². The van der Waals surface area contributed by atoms with Crippen molar-refractivity contribution in [1.82, 2.24) is 4.90 Å². The highest BCUT2D eigenvalue weighted by molar-refractivity contribution is 5.80. The summed E-state index contributed by atoms with van der Waals surface area (Å²) < 4.78 is 5.79. The molecule has 21 heavy (non-hydrogen) atoms. The molecule has 1 fully saturated rings. The van der Waals surface area contributed by atoms with Crippen molar-refractivity contribution >= 4 is 5.91 Å². The second-order valence-corrected chi connectivity index (χ2v) is 5.92. The first-order valence-electron chi connectivity index (χ1n) is 7.86. The number of rotatable bonds is 5. The molecule has 1 aliphatic rings. The topological polar surface area (TPSA) is 55.6 Å². The summed E-state index contributed by atoms with van der Waals surface area (Å²) in [7, 11) is 0. The van der Waals surface area contributed by atoms with Crippen molar-refractivity contribution in [2.24, 2.45) is 5.73 Å². The van der Waals surface area contributed by atoms with Gasteiger partial charge in [0, 0.05) is 24.7 Å². The molecule has 1 aliphatic heterocycles. The third kappa shape index (κ3) is 4.21. The van der Waals surface area contributed by atoms with E-state index in [1.165, 1.54) is 6.42 Å². The summed E-state index contributed by atoms with van der Waals surface area (Å²) >= 11 is 0. The Labute approximate surface area is 127 Å². The number of nitrogens with two attached hydrogens (primary N) is 1. The molecule has 116 valence electrons. The van der Waals surface area contributed by atoms with Gasteiger partial charge >= 0.3 is 0 Å². The lowest BCUT2D eigenvalue weighted by Crippen LogP contribution is -2.48. The fourth-order valence-corrected chi connectivity index (χ4v) is 2.86. The minimum atomic E-state index is 0.105. The number of para-hydroxylation sites is 1. The monoisotopic (exact) mass is 290 g/mol. The van der Waals surface area contributed by atoms with Gasteiger partial charge in [-0.15, -0.1) is 0 Å². The molecule has 1 unspecified atom stereocenters. The van der Waals surface area contributed by atoms with E-state index in [1.807, 2.05) is 43.0 Å². The Kier molecular flexibility index (Phi) is 5.62. The number of likely N-dealkylation sites (tertiary alicyclic amines) is 1. The first-order chi connectivity index (χ1) is 10.1. The van der Waals surface area contributed by atoms with E-state index in [1.54, 1.807) is 0 Å². The fraction of sp³-hybridized carbons (Fsp3) is 0.588. The molecular weight excluding hydrogens is 264 g/mol. The van der Waals surface area contributed by atoms with Crippen LogP contribution in [-0.2, 0) is 11.2 Å². The van der Waals surface area contributed by atoms with Crippen molar-refractivity contribution < 1.29 is 9.53 Å². The van der Waals surface area contributed by atoms with Crippen LogP contribution < -0.4 is 10.5 Å². The Morgan fingerprint density at radius 3 is 2.86 bits per heavy atom. The van der Waals surface area contributed by atoms with Gasteiger partial charge in [-0.3, -0.25) is 4.79 Å². The van der Waals surface area contributed by atoms with Crippen LogP contribution in [-0.4, -0.2) is 36.0 Å². The summed E-state index contributed by atoms with van der Waals surface area (Å²) in [6.45, 7) is 5.37. The van der Waals surface area contributed by atoms with Gasteiger partial charge in [0.2, 0.25) is 5.91 Å². The highest BCUT2D eigenvalue weighted by Gasteiger charge is 2.26. The molecule has 2 N–H and O–H groups in total. The quantitative estimate of drug-likeness (QED) is 0.905. The average molecular weight is 290 g/mol. The zero-order valence-electron chi connectivity index (χ0n) is 13.0. The Hall–Kier alpha value is -1.55. The summed E-state index contributed by atoms with van der Waals surface area (Å²) in [5.74, 6) is 0.965. The average Bonchev–Trinajstić information content (AvgIpc) is 2.48. The molecule has 4 heteroatoms. The molecule has 1 amide bonds. The molecule has 2 rings (SSSR count). The minimum absolute atomic E-state index is 0.105. The fourth-order valence-electron chi connectivity index (χ4n) is 2.86. The second-order valence-electron chi connectivity index (χ2n) is 5.92. The minimum Gasteiger partial charge on any atom is -0.491 e. The Bertz CT molecular complexity index is 474. The molecule has 1 atom stereocenters. The van der Waals surface area contributed by atoms with Crippen LogP contribution in [0.1, 0.15) is 38.7 Å². The Morgan fingerprint density at radius 2 is 2.14 bits per heavy atom. The van der Waals surface area contributed by atoms with Gasteiger partial charge in [-0.1, -0.05) is 18.2 Å². The van der Waals surface area contributed by atoms with Crippen molar-refractivity contribution in [1.29, 1.82) is 0 Å². The molecule has 0 radical (unpaired) electrons. The Morgan fingerprint density at radius 1 is 1.38 bits per heavy atom. The van der Waals surface area contributed by atoms with Gasteiger partial charge in [0.05, 0.1) is 12.5 Å². The number of piperidine rings is 1. The van der Waals surface area contributed by atoms with Crippen LogP contribution in [0.15, 0.2) is 24.3 Å². The number of ether oxygens (including phenoxy) is 1. The maximum atomic E-state index is 12.6. The van der Waals surface area contributed by atoms with Gasteiger partial charge < -0.3 is 15.4 Å². The lowest BCUT2D eigenvalue weighted by atomic mass is 10.0. The molecule has 0 bridgehead atoms. The lowest BCUT2D eigenvalue weighted by Gasteiger charge is -2.35. The van der Waals surface area contributed by atoms with Gasteiger partial charge in [-0.05, 0) is 39.2 Å². The summed E-state index contributed by atoms with van der Waals surface area (Å²) in [6.07, 6.45) is 3.75. The van der Waals surface area contributed by atoms with Crippen LogP contribution in [0.3, 0.4) is 0 Å². The SMILES string of the molecule is CC(C)Oc1ccccc1CC(=O)N1CCCCC1CN. The Balaban J connectivity index is 2.08. The van der Waals surface area contributed by atoms with E-state index in [2.05, 4.69) is 0 Å². The van der Waals surface area contributed by atoms with Gasteiger partial charge in [0.1, 0.15) is 5.75 Å². The third-order valence-corrected chi connectivity index (χ3v) is 3.90. The zero-order chi connectivity index (χ0) is 15.2. The van der Waals surface area contributed by atoms with E-state index in [9.17, 15) is 4.79 Å². The summed E-state index contributed by atoms with van der Waals surface area (Å²) in [6, 6.07) is 7.99. The van der Waals surface area contributed by atoms with Crippen molar-refractivity contribution in [3.63, 3.8) is 0 Å². The van der Waals surface area contributed by atoms with Crippen molar-refractivity contribution in [3.05, 3.63) is 29.8 Å². The zero-order valence-corrected chi connectivity index (χ0v) is 13.0. The number of hydrogen-bond donors (Lipinski definition) is 1. The van der Waals surface area contributed by atoms with Gasteiger partial charge in [0.25, 0.3) is 0 Å². The second kappa shape index (κ2) is 7.46. The van der Waals surface area contributed by atoms with Crippen LogP contribution in [0.5, 0.6) is 5.75 Å². The lowest BCUT2D eigenvalue weighted by molar-refractivity contribution is -0.133. The number of benzene rings is 1. The predicted octanol–water partition coefficient (Wildman–Crippen LogP) is 2.36. The standard InChI is InChI=1S/C17H26N2O2/c1-13(2)21-16-9-4-3-7-14(16)11-17(20)19-10-6-5-8-15(19)12-18/h3-4,7,9,13,15H,5-6,8,10-12,18H2,1-2H3. The van der Waals surface area contributed by atoms with Crippen molar-refractivity contribution in [2.75, 3.05) is 13.1 Å². The summed E-state index contributed by atoms with van der Waals surface area (Å²) in [5.41, 5.74) is 6.76. The van der Waals surface area contributed by atoms with Crippen molar-refractivity contribution in [2.45, 2.75) is 51.7 Å². The van der Waals surface area contributed by atoms with Crippen LogP contribution in [0.4, 0.5) is 0 Å². The molecule has 1 aromatic rings. The highest BCUT2D eigenvalue weighted by atomic mass is 16.5. The van der Waals surface area contributed by atoms with Crippen LogP contribution in [0.25, 0.3) is 0 Å². The van der Waals surface area contributed by atoms with E-state index in [0.717, 1.165) is 30.7 Å².